The average Bonchev–Trinajstić information content (AvgIpc) is 2.29. The van der Waals surface area contributed by atoms with Crippen molar-refractivity contribution < 1.29 is 19.4 Å². The highest BCUT2D eigenvalue weighted by atomic mass is 16.5. The number of nitrogens with zero attached hydrogens (tertiary/aromatic N) is 1. The number of carbonyl (C=O) groups is 1. The summed E-state index contributed by atoms with van der Waals surface area (Å²) in [5.41, 5.74) is -0.592. The van der Waals surface area contributed by atoms with E-state index in [0.29, 0.717) is 26.4 Å². The normalized spacial score (nSPS) is 26.0. The number of hydrogen-bond donors (Lipinski definition) is 1. The minimum absolute atomic E-state index is 0.592. The molecule has 0 aromatic carbocycles. The third-order valence-electron chi connectivity index (χ3n) is 3.28. The fourth-order valence-corrected chi connectivity index (χ4v) is 2.15. The number of piperidine rings is 1. The molecule has 1 aliphatic rings. The predicted octanol–water partition coefficient (Wildman–Crippen LogP) is 0.836. The molecular weight excluding hydrogens is 222 g/mol. The summed E-state index contributed by atoms with van der Waals surface area (Å²) in [6, 6.07) is 0. The summed E-state index contributed by atoms with van der Waals surface area (Å²) in [6.07, 6.45) is 1.71. The van der Waals surface area contributed by atoms with Crippen LogP contribution in [0.2, 0.25) is 0 Å². The van der Waals surface area contributed by atoms with Gasteiger partial charge in [0.25, 0.3) is 0 Å². The summed E-state index contributed by atoms with van der Waals surface area (Å²) in [4.78, 5) is 13.3. The third kappa shape index (κ3) is 4.61. The number of rotatable bonds is 7. The first-order chi connectivity index (χ1) is 8.08. The highest BCUT2D eigenvalue weighted by Gasteiger charge is 2.37. The van der Waals surface area contributed by atoms with Gasteiger partial charge in [0, 0.05) is 20.2 Å². The Morgan fingerprint density at radius 1 is 1.41 bits per heavy atom. The molecular formula is C12H23NO4. The van der Waals surface area contributed by atoms with E-state index in [1.54, 1.807) is 7.11 Å². The van der Waals surface area contributed by atoms with Crippen LogP contribution in [-0.2, 0) is 14.3 Å². The highest BCUT2D eigenvalue weighted by molar-refractivity contribution is 5.74. The molecule has 0 bridgehead atoms. The van der Waals surface area contributed by atoms with Crippen LogP contribution in [0.5, 0.6) is 0 Å². The van der Waals surface area contributed by atoms with Gasteiger partial charge >= 0.3 is 5.97 Å². The van der Waals surface area contributed by atoms with Crippen LogP contribution in [0, 0.1) is 5.41 Å². The zero-order valence-corrected chi connectivity index (χ0v) is 10.8. The van der Waals surface area contributed by atoms with Crippen LogP contribution in [0.15, 0.2) is 0 Å². The fourth-order valence-electron chi connectivity index (χ4n) is 2.15. The van der Waals surface area contributed by atoms with Crippen LogP contribution < -0.4 is 0 Å². The molecule has 17 heavy (non-hydrogen) atoms. The van der Waals surface area contributed by atoms with E-state index in [9.17, 15) is 9.90 Å². The summed E-state index contributed by atoms with van der Waals surface area (Å²) in [6.45, 7) is 6.05. The van der Waals surface area contributed by atoms with Crippen LogP contribution in [0.4, 0.5) is 0 Å². The van der Waals surface area contributed by atoms with Gasteiger partial charge in [-0.05, 0) is 26.3 Å². The smallest absolute Gasteiger partial charge is 0.310 e. The summed E-state index contributed by atoms with van der Waals surface area (Å²) in [7, 11) is 1.65. The van der Waals surface area contributed by atoms with Crippen molar-refractivity contribution in [1.82, 2.24) is 4.90 Å². The largest absolute Gasteiger partial charge is 0.481 e. The van der Waals surface area contributed by atoms with Crippen molar-refractivity contribution in [2.75, 3.05) is 46.6 Å². The molecule has 1 rings (SSSR count). The summed E-state index contributed by atoms with van der Waals surface area (Å²) in [5, 5.41) is 9.18. The van der Waals surface area contributed by atoms with Crippen molar-refractivity contribution in [3.63, 3.8) is 0 Å². The van der Waals surface area contributed by atoms with Crippen molar-refractivity contribution in [2.45, 2.75) is 19.8 Å². The zero-order valence-electron chi connectivity index (χ0n) is 10.8. The molecule has 1 N–H and O–H groups in total. The minimum atomic E-state index is -0.692. The molecule has 0 amide bonds. The van der Waals surface area contributed by atoms with Crippen LogP contribution in [0.1, 0.15) is 19.8 Å². The van der Waals surface area contributed by atoms with Gasteiger partial charge in [0.1, 0.15) is 0 Å². The lowest BCUT2D eigenvalue weighted by molar-refractivity contribution is -0.151. The molecule has 1 aliphatic heterocycles. The Labute approximate surface area is 103 Å². The first-order valence-electron chi connectivity index (χ1n) is 6.11. The van der Waals surface area contributed by atoms with Crippen LogP contribution in [-0.4, -0.2) is 62.5 Å². The minimum Gasteiger partial charge on any atom is -0.481 e. The van der Waals surface area contributed by atoms with E-state index in [0.717, 1.165) is 25.9 Å². The molecule has 100 valence electrons. The molecule has 0 spiro atoms. The van der Waals surface area contributed by atoms with Gasteiger partial charge in [-0.3, -0.25) is 9.69 Å². The predicted molar refractivity (Wildman–Crippen MR) is 64.1 cm³/mol. The van der Waals surface area contributed by atoms with Crippen LogP contribution >= 0.6 is 0 Å². The van der Waals surface area contributed by atoms with E-state index in [1.165, 1.54) is 0 Å². The SMILES string of the molecule is COCCOCCN1CCCC(C)(C(=O)O)C1. The van der Waals surface area contributed by atoms with Crippen molar-refractivity contribution in [1.29, 1.82) is 0 Å². The second kappa shape index (κ2) is 6.93. The van der Waals surface area contributed by atoms with E-state index in [2.05, 4.69) is 4.90 Å². The van der Waals surface area contributed by atoms with Gasteiger partial charge < -0.3 is 14.6 Å². The Balaban J connectivity index is 2.23. The quantitative estimate of drug-likeness (QED) is 0.673. The molecule has 1 fully saturated rings. The molecule has 1 unspecified atom stereocenters. The molecule has 0 radical (unpaired) electrons. The van der Waals surface area contributed by atoms with Crippen molar-refractivity contribution in [3.05, 3.63) is 0 Å². The van der Waals surface area contributed by atoms with Gasteiger partial charge in [-0.15, -0.1) is 0 Å². The number of aliphatic carboxylic acids is 1. The number of likely N-dealkylation sites (tertiary alicyclic amines) is 1. The Kier molecular flexibility index (Phi) is 5.88. The first kappa shape index (κ1) is 14.4. The summed E-state index contributed by atoms with van der Waals surface area (Å²) in [5.74, 6) is -0.692. The Morgan fingerprint density at radius 2 is 2.18 bits per heavy atom. The molecule has 1 heterocycles. The maximum Gasteiger partial charge on any atom is 0.310 e. The lowest BCUT2D eigenvalue weighted by atomic mass is 9.82. The molecule has 5 nitrogen and oxygen atoms in total. The van der Waals surface area contributed by atoms with E-state index in [-0.39, 0.29) is 0 Å². The number of hydrogen-bond acceptors (Lipinski definition) is 4. The van der Waals surface area contributed by atoms with E-state index < -0.39 is 11.4 Å². The van der Waals surface area contributed by atoms with Crippen LogP contribution in [0.3, 0.4) is 0 Å². The van der Waals surface area contributed by atoms with Gasteiger partial charge in [0.15, 0.2) is 0 Å². The lowest BCUT2D eigenvalue weighted by Crippen LogP contribution is -2.47. The molecule has 0 aromatic rings. The molecule has 5 heteroatoms. The topological polar surface area (TPSA) is 59.0 Å². The highest BCUT2D eigenvalue weighted by Crippen LogP contribution is 2.29. The van der Waals surface area contributed by atoms with Crippen molar-refractivity contribution >= 4 is 5.97 Å². The maximum absolute atomic E-state index is 11.2. The molecule has 1 saturated heterocycles. The number of ether oxygens (including phenoxy) is 2. The average molecular weight is 245 g/mol. The van der Waals surface area contributed by atoms with E-state index in [4.69, 9.17) is 9.47 Å². The standard InChI is InChI=1S/C12H23NO4/c1-12(11(14)15)4-3-5-13(10-12)6-7-17-9-8-16-2/h3-10H2,1-2H3,(H,14,15). The fraction of sp³-hybridized carbons (Fsp3) is 0.917. The number of carboxylic acid groups (broad SMARTS) is 1. The van der Waals surface area contributed by atoms with E-state index >= 15 is 0 Å². The molecule has 0 aliphatic carbocycles. The molecule has 0 saturated carbocycles. The lowest BCUT2D eigenvalue weighted by Gasteiger charge is -2.37. The zero-order chi connectivity index (χ0) is 12.7. The monoisotopic (exact) mass is 245 g/mol. The van der Waals surface area contributed by atoms with E-state index in [1.807, 2.05) is 6.92 Å². The number of carboxylic acids is 1. The Bertz CT molecular complexity index is 247. The second-order valence-corrected chi connectivity index (χ2v) is 4.85. The number of methoxy groups -OCH3 is 1. The Hall–Kier alpha value is -0.650. The van der Waals surface area contributed by atoms with Crippen LogP contribution in [0.25, 0.3) is 0 Å². The molecule has 1 atom stereocenters. The summed E-state index contributed by atoms with van der Waals surface area (Å²) < 4.78 is 10.3. The second-order valence-electron chi connectivity index (χ2n) is 4.85. The first-order valence-corrected chi connectivity index (χ1v) is 6.11. The van der Waals surface area contributed by atoms with Crippen molar-refractivity contribution in [3.8, 4) is 0 Å². The third-order valence-corrected chi connectivity index (χ3v) is 3.28. The van der Waals surface area contributed by atoms with Gasteiger partial charge in [-0.25, -0.2) is 0 Å². The maximum atomic E-state index is 11.2. The molecule has 0 aromatic heterocycles. The van der Waals surface area contributed by atoms with Gasteiger partial charge in [-0.2, -0.15) is 0 Å². The van der Waals surface area contributed by atoms with Gasteiger partial charge in [0.2, 0.25) is 0 Å². The van der Waals surface area contributed by atoms with Gasteiger partial charge in [0.05, 0.1) is 25.2 Å². The Morgan fingerprint density at radius 3 is 2.82 bits per heavy atom. The summed E-state index contributed by atoms with van der Waals surface area (Å²) >= 11 is 0. The van der Waals surface area contributed by atoms with Gasteiger partial charge in [-0.1, -0.05) is 0 Å². The van der Waals surface area contributed by atoms with Crippen molar-refractivity contribution in [2.24, 2.45) is 5.41 Å².